The van der Waals surface area contributed by atoms with Gasteiger partial charge in [0.15, 0.2) is 0 Å². The molecule has 1 saturated carbocycles. The van der Waals surface area contributed by atoms with E-state index in [0.29, 0.717) is 18.9 Å². The zero-order chi connectivity index (χ0) is 15.9. The summed E-state index contributed by atoms with van der Waals surface area (Å²) in [6.45, 7) is 1.38. The number of carbonyl (C=O) groups is 1. The van der Waals surface area contributed by atoms with Crippen LogP contribution < -0.4 is 5.32 Å². The van der Waals surface area contributed by atoms with Crippen molar-refractivity contribution < 1.29 is 9.53 Å². The highest BCUT2D eigenvalue weighted by atomic mass is 16.5. The fourth-order valence-electron chi connectivity index (χ4n) is 3.87. The monoisotopic (exact) mass is 316 g/mol. The summed E-state index contributed by atoms with van der Waals surface area (Å²) in [4.78, 5) is 16.3. The fraction of sp³-hybridized carbons (Fsp3) is 0.684. The minimum Gasteiger partial charge on any atom is -0.379 e. The lowest BCUT2D eigenvalue weighted by Gasteiger charge is -2.22. The van der Waals surface area contributed by atoms with Crippen molar-refractivity contribution in [2.45, 2.75) is 57.4 Å². The van der Waals surface area contributed by atoms with E-state index >= 15 is 0 Å². The molecule has 1 saturated heterocycles. The van der Waals surface area contributed by atoms with Gasteiger partial charge in [0.1, 0.15) is 0 Å². The molecular formula is C19H28N2O2. The molecule has 2 heterocycles. The van der Waals surface area contributed by atoms with E-state index in [2.05, 4.69) is 10.3 Å². The summed E-state index contributed by atoms with van der Waals surface area (Å²) >= 11 is 0. The molecule has 1 aliphatic heterocycles. The number of pyridine rings is 1. The molecule has 0 unspecified atom stereocenters. The maximum absolute atomic E-state index is 12.3. The maximum Gasteiger partial charge on any atom is 0.220 e. The van der Waals surface area contributed by atoms with E-state index in [0.717, 1.165) is 25.4 Å². The van der Waals surface area contributed by atoms with Crippen molar-refractivity contribution in [2.24, 2.45) is 11.8 Å². The van der Waals surface area contributed by atoms with Gasteiger partial charge in [0.05, 0.1) is 19.3 Å². The summed E-state index contributed by atoms with van der Waals surface area (Å²) in [6, 6.07) is 4.24. The van der Waals surface area contributed by atoms with Crippen molar-refractivity contribution >= 4 is 5.91 Å². The highest BCUT2D eigenvalue weighted by molar-refractivity contribution is 5.76. The first-order chi connectivity index (χ1) is 11.3. The minimum absolute atomic E-state index is 0.155. The molecule has 23 heavy (non-hydrogen) atoms. The second kappa shape index (κ2) is 8.44. The topological polar surface area (TPSA) is 51.2 Å². The molecule has 1 aliphatic carbocycles. The molecule has 2 atom stereocenters. The van der Waals surface area contributed by atoms with Crippen LogP contribution in [0.5, 0.6) is 0 Å². The lowest BCUT2D eigenvalue weighted by atomic mass is 9.86. The summed E-state index contributed by atoms with van der Waals surface area (Å²) in [7, 11) is 0. The van der Waals surface area contributed by atoms with Crippen LogP contribution in [0.15, 0.2) is 24.5 Å². The Morgan fingerprint density at radius 1 is 1.17 bits per heavy atom. The number of nitrogens with zero attached hydrogens (tertiary/aromatic N) is 1. The van der Waals surface area contributed by atoms with Crippen molar-refractivity contribution in [3.8, 4) is 0 Å². The van der Waals surface area contributed by atoms with Gasteiger partial charge >= 0.3 is 0 Å². The molecule has 1 N–H and O–H groups in total. The summed E-state index contributed by atoms with van der Waals surface area (Å²) in [5, 5.41) is 3.21. The Hall–Kier alpha value is -1.42. The van der Waals surface area contributed by atoms with E-state index in [4.69, 9.17) is 4.74 Å². The second-order valence-corrected chi connectivity index (χ2v) is 7.07. The fourth-order valence-corrected chi connectivity index (χ4v) is 3.87. The molecule has 0 spiro atoms. The number of carbonyl (C=O) groups excluding carboxylic acids is 1. The van der Waals surface area contributed by atoms with Crippen molar-refractivity contribution in [2.75, 3.05) is 13.2 Å². The second-order valence-electron chi connectivity index (χ2n) is 7.07. The Bertz CT molecular complexity index is 485. The Morgan fingerprint density at radius 3 is 2.74 bits per heavy atom. The third-order valence-corrected chi connectivity index (χ3v) is 5.30. The van der Waals surface area contributed by atoms with Gasteiger partial charge in [-0.3, -0.25) is 9.78 Å². The first-order valence-electron chi connectivity index (χ1n) is 9.07. The molecule has 0 bridgehead atoms. The molecule has 126 valence electrons. The molecule has 1 amide bonds. The molecular weight excluding hydrogens is 288 g/mol. The van der Waals surface area contributed by atoms with Crippen molar-refractivity contribution in [3.63, 3.8) is 0 Å². The maximum atomic E-state index is 12.3. The number of nitrogens with one attached hydrogen (secondary N) is 1. The lowest BCUT2D eigenvalue weighted by molar-refractivity contribution is -0.122. The largest absolute Gasteiger partial charge is 0.379 e. The van der Waals surface area contributed by atoms with E-state index in [9.17, 15) is 4.79 Å². The van der Waals surface area contributed by atoms with Gasteiger partial charge in [0.2, 0.25) is 5.91 Å². The van der Waals surface area contributed by atoms with Gasteiger partial charge < -0.3 is 10.1 Å². The van der Waals surface area contributed by atoms with Crippen LogP contribution in [-0.4, -0.2) is 30.1 Å². The molecule has 1 aromatic heterocycles. The van der Waals surface area contributed by atoms with Crippen LogP contribution in [0, 0.1) is 11.8 Å². The molecule has 1 aromatic rings. The van der Waals surface area contributed by atoms with Gasteiger partial charge in [-0.2, -0.15) is 0 Å². The zero-order valence-electron chi connectivity index (χ0n) is 13.9. The van der Waals surface area contributed by atoms with Crippen LogP contribution in [0.4, 0.5) is 0 Å². The van der Waals surface area contributed by atoms with Gasteiger partial charge in [-0.15, -0.1) is 0 Å². The van der Waals surface area contributed by atoms with Crippen LogP contribution in [0.3, 0.4) is 0 Å². The average molecular weight is 316 g/mol. The number of rotatable bonds is 6. The third kappa shape index (κ3) is 5.03. The lowest BCUT2D eigenvalue weighted by Crippen LogP contribution is -2.40. The van der Waals surface area contributed by atoms with Crippen molar-refractivity contribution in [1.29, 1.82) is 0 Å². The number of amides is 1. The molecule has 4 nitrogen and oxygen atoms in total. The van der Waals surface area contributed by atoms with Crippen molar-refractivity contribution in [1.82, 2.24) is 10.3 Å². The Kier molecular flexibility index (Phi) is 6.03. The minimum atomic E-state index is 0.155. The quantitative estimate of drug-likeness (QED) is 0.877. The SMILES string of the molecule is O=C(CCC1CCCCC1)N[C@H]1COC[C@H]1Cc1ccncc1. The van der Waals surface area contributed by atoms with E-state index in [1.165, 1.54) is 37.7 Å². The highest BCUT2D eigenvalue weighted by Gasteiger charge is 2.29. The van der Waals surface area contributed by atoms with E-state index < -0.39 is 0 Å². The van der Waals surface area contributed by atoms with Crippen LogP contribution in [-0.2, 0) is 16.0 Å². The predicted octanol–water partition coefficient (Wildman–Crippen LogP) is 3.12. The standard InChI is InChI=1S/C19H28N2O2/c22-19(7-6-15-4-2-1-3-5-15)21-18-14-23-13-17(18)12-16-8-10-20-11-9-16/h8-11,15,17-18H,1-7,12-14H2,(H,21,22)/t17-,18+/m1/s1. The normalized spacial score (nSPS) is 25.4. The van der Waals surface area contributed by atoms with Crippen LogP contribution in [0.2, 0.25) is 0 Å². The average Bonchev–Trinajstić information content (AvgIpc) is 3.02. The molecule has 2 aliphatic rings. The molecule has 4 heteroatoms. The van der Waals surface area contributed by atoms with Gasteiger partial charge in [-0.1, -0.05) is 32.1 Å². The van der Waals surface area contributed by atoms with Crippen LogP contribution >= 0.6 is 0 Å². The smallest absolute Gasteiger partial charge is 0.220 e. The zero-order valence-corrected chi connectivity index (χ0v) is 13.9. The number of ether oxygens (including phenoxy) is 1. The first-order valence-corrected chi connectivity index (χ1v) is 9.07. The summed E-state index contributed by atoms with van der Waals surface area (Å²) in [5.74, 6) is 1.34. The van der Waals surface area contributed by atoms with Gasteiger partial charge in [0, 0.05) is 24.7 Å². The third-order valence-electron chi connectivity index (χ3n) is 5.30. The van der Waals surface area contributed by atoms with Gasteiger partial charge in [-0.05, 0) is 36.5 Å². The molecule has 0 radical (unpaired) electrons. The predicted molar refractivity (Wildman–Crippen MR) is 90.0 cm³/mol. The number of aromatic nitrogens is 1. The first kappa shape index (κ1) is 16.4. The van der Waals surface area contributed by atoms with Gasteiger partial charge in [-0.25, -0.2) is 0 Å². The van der Waals surface area contributed by atoms with Crippen LogP contribution in [0.1, 0.15) is 50.5 Å². The Balaban J connectivity index is 1.43. The highest BCUT2D eigenvalue weighted by Crippen LogP contribution is 2.27. The number of hydrogen-bond donors (Lipinski definition) is 1. The number of hydrogen-bond acceptors (Lipinski definition) is 3. The summed E-state index contributed by atoms with van der Waals surface area (Å²) in [5.41, 5.74) is 1.26. The van der Waals surface area contributed by atoms with E-state index in [1.54, 1.807) is 0 Å². The van der Waals surface area contributed by atoms with Gasteiger partial charge in [0.25, 0.3) is 0 Å². The van der Waals surface area contributed by atoms with E-state index in [-0.39, 0.29) is 11.9 Å². The Morgan fingerprint density at radius 2 is 1.96 bits per heavy atom. The molecule has 3 rings (SSSR count). The van der Waals surface area contributed by atoms with Crippen LogP contribution in [0.25, 0.3) is 0 Å². The summed E-state index contributed by atoms with van der Waals surface area (Å²) < 4.78 is 5.61. The van der Waals surface area contributed by atoms with E-state index in [1.807, 2.05) is 24.5 Å². The Labute approximate surface area is 139 Å². The van der Waals surface area contributed by atoms with Crippen molar-refractivity contribution in [3.05, 3.63) is 30.1 Å². The molecule has 0 aromatic carbocycles. The molecule has 2 fully saturated rings. The summed E-state index contributed by atoms with van der Waals surface area (Å²) in [6.07, 6.45) is 13.0.